The van der Waals surface area contributed by atoms with Gasteiger partial charge in [0.1, 0.15) is 0 Å². The Morgan fingerprint density at radius 1 is 1.18 bits per heavy atom. The molecule has 0 unspecified atom stereocenters. The van der Waals surface area contributed by atoms with Crippen molar-refractivity contribution in [2.24, 2.45) is 0 Å². The van der Waals surface area contributed by atoms with Gasteiger partial charge in [-0.15, -0.1) is 0 Å². The van der Waals surface area contributed by atoms with E-state index in [9.17, 15) is 9.59 Å². The van der Waals surface area contributed by atoms with Gasteiger partial charge in [-0.1, -0.05) is 13.0 Å². The van der Waals surface area contributed by atoms with Crippen LogP contribution >= 0.6 is 0 Å². The van der Waals surface area contributed by atoms with Crippen LogP contribution in [-0.4, -0.2) is 18.4 Å². The van der Waals surface area contributed by atoms with E-state index in [4.69, 9.17) is 4.74 Å². The Labute approximate surface area is 102 Å². The van der Waals surface area contributed by atoms with Gasteiger partial charge in [-0.3, -0.25) is 4.79 Å². The van der Waals surface area contributed by atoms with Crippen molar-refractivity contribution < 1.29 is 14.3 Å². The molecule has 0 amide bonds. The first kappa shape index (κ1) is 13.4. The average molecular weight is 234 g/mol. The smallest absolute Gasteiger partial charge is 0.379 e. The van der Waals surface area contributed by atoms with E-state index in [2.05, 4.69) is 0 Å². The summed E-state index contributed by atoms with van der Waals surface area (Å²) in [7, 11) is 0. The quantitative estimate of drug-likeness (QED) is 0.457. The minimum Gasteiger partial charge on any atom is -0.460 e. The van der Waals surface area contributed by atoms with Gasteiger partial charge in [0.05, 0.1) is 6.61 Å². The molecule has 0 spiro atoms. The number of carbonyl (C=O) groups is 2. The summed E-state index contributed by atoms with van der Waals surface area (Å²) in [6.45, 7) is 7.71. The van der Waals surface area contributed by atoms with E-state index in [1.165, 1.54) is 0 Å². The van der Waals surface area contributed by atoms with Crippen LogP contribution in [0, 0.1) is 13.8 Å². The van der Waals surface area contributed by atoms with Crippen molar-refractivity contribution >= 4 is 11.8 Å². The number of esters is 1. The SMILES string of the molecule is CCOC(=O)C(=O)c1cc(CC)cc(C)c1C. The second-order valence-electron chi connectivity index (χ2n) is 3.99. The van der Waals surface area contributed by atoms with Crippen LogP contribution in [0.2, 0.25) is 0 Å². The van der Waals surface area contributed by atoms with Gasteiger partial charge in [-0.2, -0.15) is 0 Å². The number of ether oxygens (including phenoxy) is 1. The Bertz CT molecular complexity index is 447. The second-order valence-corrected chi connectivity index (χ2v) is 3.99. The maximum absolute atomic E-state index is 11.9. The molecule has 0 bridgehead atoms. The lowest BCUT2D eigenvalue weighted by Crippen LogP contribution is -2.19. The van der Waals surface area contributed by atoms with E-state index in [1.54, 1.807) is 13.0 Å². The highest BCUT2D eigenvalue weighted by Crippen LogP contribution is 2.18. The molecule has 3 nitrogen and oxygen atoms in total. The number of aryl methyl sites for hydroxylation is 2. The maximum atomic E-state index is 11.9. The van der Waals surface area contributed by atoms with Crippen LogP contribution in [0.1, 0.15) is 40.9 Å². The molecule has 3 heteroatoms. The molecular weight excluding hydrogens is 216 g/mol. The van der Waals surface area contributed by atoms with Gasteiger partial charge in [0, 0.05) is 5.56 Å². The number of hydrogen-bond donors (Lipinski definition) is 0. The first-order valence-electron chi connectivity index (χ1n) is 5.82. The largest absolute Gasteiger partial charge is 0.460 e. The zero-order valence-corrected chi connectivity index (χ0v) is 10.8. The molecule has 0 aliphatic heterocycles. The summed E-state index contributed by atoms with van der Waals surface area (Å²) < 4.78 is 4.74. The van der Waals surface area contributed by atoms with Crippen LogP contribution in [0.5, 0.6) is 0 Å². The molecule has 0 aliphatic carbocycles. The number of carbonyl (C=O) groups excluding carboxylic acids is 2. The lowest BCUT2D eigenvalue weighted by molar-refractivity contribution is -0.137. The number of ketones is 1. The fourth-order valence-electron chi connectivity index (χ4n) is 1.68. The third-order valence-electron chi connectivity index (χ3n) is 2.84. The van der Waals surface area contributed by atoms with Crippen molar-refractivity contribution in [3.8, 4) is 0 Å². The number of hydrogen-bond acceptors (Lipinski definition) is 3. The van der Waals surface area contributed by atoms with Gasteiger partial charge in [0.2, 0.25) is 0 Å². The van der Waals surface area contributed by atoms with Crippen LogP contribution in [0.25, 0.3) is 0 Å². The minimum absolute atomic E-state index is 0.218. The lowest BCUT2D eigenvalue weighted by atomic mass is 9.96. The Balaban J connectivity index is 3.16. The molecule has 0 fully saturated rings. The van der Waals surface area contributed by atoms with Gasteiger partial charge in [-0.05, 0) is 49.9 Å². The van der Waals surface area contributed by atoms with E-state index in [0.717, 1.165) is 23.1 Å². The highest BCUT2D eigenvalue weighted by molar-refractivity contribution is 6.41. The predicted molar refractivity (Wildman–Crippen MR) is 66.3 cm³/mol. The average Bonchev–Trinajstić information content (AvgIpc) is 2.31. The predicted octanol–water partition coefficient (Wildman–Crippen LogP) is 2.61. The van der Waals surface area contributed by atoms with E-state index >= 15 is 0 Å². The van der Waals surface area contributed by atoms with Gasteiger partial charge >= 0.3 is 5.97 Å². The van der Waals surface area contributed by atoms with E-state index in [1.807, 2.05) is 26.8 Å². The van der Waals surface area contributed by atoms with Crippen LogP contribution in [0.15, 0.2) is 12.1 Å². The number of rotatable bonds is 4. The van der Waals surface area contributed by atoms with Crippen LogP contribution in [-0.2, 0) is 16.0 Å². The summed E-state index contributed by atoms with van der Waals surface area (Å²) in [4.78, 5) is 23.3. The summed E-state index contributed by atoms with van der Waals surface area (Å²) in [5.41, 5.74) is 3.39. The minimum atomic E-state index is -0.775. The van der Waals surface area contributed by atoms with E-state index < -0.39 is 11.8 Å². The Kier molecular flexibility index (Phi) is 4.44. The normalized spacial score (nSPS) is 10.1. The van der Waals surface area contributed by atoms with Crippen molar-refractivity contribution in [2.45, 2.75) is 34.1 Å². The number of benzene rings is 1. The van der Waals surface area contributed by atoms with E-state index in [-0.39, 0.29) is 6.61 Å². The monoisotopic (exact) mass is 234 g/mol. The van der Waals surface area contributed by atoms with Gasteiger partial charge in [0.25, 0.3) is 5.78 Å². The molecule has 0 radical (unpaired) electrons. The standard InChI is InChI=1S/C14H18O3/c1-5-11-7-9(3)10(4)12(8-11)13(15)14(16)17-6-2/h7-8H,5-6H2,1-4H3. The number of Topliss-reactive ketones (excluding diaryl/α,β-unsaturated/α-hetero) is 1. The zero-order valence-electron chi connectivity index (χ0n) is 10.8. The summed E-state index contributed by atoms with van der Waals surface area (Å²) >= 11 is 0. The molecule has 1 aromatic rings. The Hall–Kier alpha value is -1.64. The Morgan fingerprint density at radius 3 is 2.35 bits per heavy atom. The molecule has 0 saturated carbocycles. The molecule has 1 aromatic carbocycles. The third kappa shape index (κ3) is 2.93. The third-order valence-corrected chi connectivity index (χ3v) is 2.84. The lowest BCUT2D eigenvalue weighted by Gasteiger charge is -2.10. The molecule has 0 heterocycles. The van der Waals surface area contributed by atoms with Crippen molar-refractivity contribution in [2.75, 3.05) is 6.61 Å². The fraction of sp³-hybridized carbons (Fsp3) is 0.429. The van der Waals surface area contributed by atoms with Crippen LogP contribution < -0.4 is 0 Å². The highest BCUT2D eigenvalue weighted by Gasteiger charge is 2.20. The van der Waals surface area contributed by atoms with Gasteiger partial charge in [0.15, 0.2) is 0 Å². The zero-order chi connectivity index (χ0) is 13.0. The molecule has 92 valence electrons. The molecule has 0 N–H and O–H groups in total. The van der Waals surface area contributed by atoms with Crippen molar-refractivity contribution in [3.63, 3.8) is 0 Å². The molecule has 0 saturated heterocycles. The second kappa shape index (κ2) is 5.62. The highest BCUT2D eigenvalue weighted by atomic mass is 16.5. The maximum Gasteiger partial charge on any atom is 0.379 e. The summed E-state index contributed by atoms with van der Waals surface area (Å²) in [6.07, 6.45) is 0.838. The molecule has 0 atom stereocenters. The summed E-state index contributed by atoms with van der Waals surface area (Å²) in [5.74, 6) is -1.33. The molecule has 1 rings (SSSR count). The van der Waals surface area contributed by atoms with Crippen molar-refractivity contribution in [1.29, 1.82) is 0 Å². The Morgan fingerprint density at radius 2 is 1.82 bits per heavy atom. The van der Waals surface area contributed by atoms with Crippen LogP contribution in [0.4, 0.5) is 0 Å². The summed E-state index contributed by atoms with van der Waals surface area (Å²) in [5, 5.41) is 0. The topological polar surface area (TPSA) is 43.4 Å². The molecule has 0 aromatic heterocycles. The van der Waals surface area contributed by atoms with Crippen LogP contribution in [0.3, 0.4) is 0 Å². The van der Waals surface area contributed by atoms with Gasteiger partial charge in [-0.25, -0.2) is 4.79 Å². The molecule has 0 aliphatic rings. The van der Waals surface area contributed by atoms with Crippen molar-refractivity contribution in [1.82, 2.24) is 0 Å². The van der Waals surface area contributed by atoms with Crippen molar-refractivity contribution in [3.05, 3.63) is 34.4 Å². The first-order chi connectivity index (χ1) is 8.01. The van der Waals surface area contributed by atoms with E-state index in [0.29, 0.717) is 5.56 Å². The summed E-state index contributed by atoms with van der Waals surface area (Å²) in [6, 6.07) is 3.82. The molecule has 17 heavy (non-hydrogen) atoms. The first-order valence-corrected chi connectivity index (χ1v) is 5.82. The molecular formula is C14H18O3. The van der Waals surface area contributed by atoms with Gasteiger partial charge < -0.3 is 4.74 Å². The fourth-order valence-corrected chi connectivity index (χ4v) is 1.68.